The van der Waals surface area contributed by atoms with Crippen molar-refractivity contribution < 1.29 is 33.3 Å². The molecule has 1 fully saturated rings. The summed E-state index contributed by atoms with van der Waals surface area (Å²) in [6.07, 6.45) is -1.93. The van der Waals surface area contributed by atoms with Gasteiger partial charge in [-0.25, -0.2) is 0 Å². The second-order valence-corrected chi connectivity index (χ2v) is 7.96. The van der Waals surface area contributed by atoms with E-state index in [0.717, 1.165) is 10.6 Å². The minimum atomic E-state index is -0.933. The van der Waals surface area contributed by atoms with Crippen molar-refractivity contribution in [1.82, 2.24) is 0 Å². The lowest BCUT2D eigenvalue weighted by atomic mass is 9.97. The van der Waals surface area contributed by atoms with E-state index in [2.05, 4.69) is 0 Å². The fourth-order valence-electron chi connectivity index (χ4n) is 3.31. The molecule has 2 aliphatic rings. The van der Waals surface area contributed by atoms with E-state index in [0.29, 0.717) is 6.42 Å². The van der Waals surface area contributed by atoms with Crippen LogP contribution in [0.3, 0.4) is 0 Å². The number of ether oxygens (including phenoxy) is 4. The summed E-state index contributed by atoms with van der Waals surface area (Å²) >= 11 is 1.43. The number of carbonyl (C=O) groups excluding carboxylic acids is 3. The van der Waals surface area contributed by atoms with E-state index in [4.69, 9.17) is 23.9 Å². The van der Waals surface area contributed by atoms with E-state index in [-0.39, 0.29) is 6.61 Å². The Kier molecular flexibility index (Phi) is 6.92. The Balaban J connectivity index is 1.84. The number of hydrogen-bond donors (Lipinski definition) is 0. The average molecular weight is 421 g/mol. The molecule has 3 rings (SSSR count). The van der Waals surface area contributed by atoms with Gasteiger partial charge < -0.3 is 18.9 Å². The number of aliphatic imine (C=N–C) groups is 1. The molecule has 0 bridgehead atoms. The van der Waals surface area contributed by atoms with Gasteiger partial charge in [-0.05, 0) is 5.56 Å². The highest BCUT2D eigenvalue weighted by atomic mass is 32.2. The molecule has 8 nitrogen and oxygen atoms in total. The first-order valence-electron chi connectivity index (χ1n) is 9.24. The van der Waals surface area contributed by atoms with Crippen molar-refractivity contribution in [2.45, 2.75) is 57.0 Å². The minimum Gasteiger partial charge on any atom is -0.463 e. The summed E-state index contributed by atoms with van der Waals surface area (Å²) in [5.41, 5.74) is 0.653. The molecule has 5 atom stereocenters. The highest BCUT2D eigenvalue weighted by Crippen LogP contribution is 2.39. The van der Waals surface area contributed by atoms with Crippen LogP contribution in [-0.2, 0) is 39.8 Å². The van der Waals surface area contributed by atoms with Gasteiger partial charge >= 0.3 is 17.9 Å². The van der Waals surface area contributed by atoms with Gasteiger partial charge in [-0.2, -0.15) is 0 Å². The number of rotatable bonds is 6. The van der Waals surface area contributed by atoms with Gasteiger partial charge in [-0.1, -0.05) is 42.1 Å². The van der Waals surface area contributed by atoms with Crippen LogP contribution >= 0.6 is 11.8 Å². The van der Waals surface area contributed by atoms with E-state index in [1.54, 1.807) is 0 Å². The summed E-state index contributed by atoms with van der Waals surface area (Å²) in [5, 5.41) is 0.832. The summed E-state index contributed by atoms with van der Waals surface area (Å²) < 4.78 is 22.0. The Morgan fingerprint density at radius 1 is 1.00 bits per heavy atom. The van der Waals surface area contributed by atoms with Gasteiger partial charge in [-0.15, -0.1) is 0 Å². The third-order valence-electron chi connectivity index (χ3n) is 4.41. The normalized spacial score (nSPS) is 28.1. The largest absolute Gasteiger partial charge is 0.463 e. The number of nitrogens with zero attached hydrogens (tertiary/aromatic N) is 1. The second kappa shape index (κ2) is 9.41. The molecule has 0 saturated carbocycles. The van der Waals surface area contributed by atoms with Gasteiger partial charge in [0.2, 0.25) is 0 Å². The van der Waals surface area contributed by atoms with Gasteiger partial charge in [0.25, 0.3) is 0 Å². The van der Waals surface area contributed by atoms with Crippen molar-refractivity contribution >= 4 is 34.7 Å². The standard InChI is InChI=1S/C20H23NO7S/c1-11(22)25-10-15-18(26-12(2)23)19(27-13(3)24)17-20(28-15)29-16(21-17)9-14-7-5-4-6-8-14/h4-8,15,17-20H,9-10H2,1-3H3/t15-,17?,18-,19-,20?/m1/s1. The lowest BCUT2D eigenvalue weighted by molar-refractivity contribution is -0.208. The van der Waals surface area contributed by atoms with Crippen molar-refractivity contribution in [3.05, 3.63) is 35.9 Å². The Labute approximate surface area is 172 Å². The highest BCUT2D eigenvalue weighted by molar-refractivity contribution is 8.14. The summed E-state index contributed by atoms with van der Waals surface area (Å²) in [6.45, 7) is 3.70. The molecule has 1 saturated heterocycles. The smallest absolute Gasteiger partial charge is 0.303 e. The quantitative estimate of drug-likeness (QED) is 0.507. The van der Waals surface area contributed by atoms with Gasteiger partial charge in [0.1, 0.15) is 24.2 Å². The van der Waals surface area contributed by atoms with Gasteiger partial charge in [0.05, 0.1) is 5.04 Å². The molecule has 9 heteroatoms. The Hall–Kier alpha value is -2.39. The van der Waals surface area contributed by atoms with Gasteiger partial charge in [-0.3, -0.25) is 19.4 Å². The lowest BCUT2D eigenvalue weighted by Gasteiger charge is -2.41. The van der Waals surface area contributed by atoms with E-state index < -0.39 is 47.7 Å². The maximum Gasteiger partial charge on any atom is 0.303 e. The SMILES string of the molecule is CC(=O)OC[C@H]1OC2SC(Cc3ccccc3)=NC2[C@@H](OC(C)=O)[C@@H]1OC(C)=O. The predicted molar refractivity (Wildman–Crippen MR) is 105 cm³/mol. The van der Waals surface area contributed by atoms with Crippen LogP contribution in [0.2, 0.25) is 0 Å². The number of fused-ring (bicyclic) bond motifs is 1. The van der Waals surface area contributed by atoms with Crippen LogP contribution in [0, 0.1) is 0 Å². The van der Waals surface area contributed by atoms with Crippen LogP contribution in [0.4, 0.5) is 0 Å². The fourth-order valence-corrected chi connectivity index (χ4v) is 4.56. The molecule has 2 aliphatic heterocycles. The highest BCUT2D eigenvalue weighted by Gasteiger charge is 2.53. The molecular weight excluding hydrogens is 398 g/mol. The minimum absolute atomic E-state index is 0.122. The first-order chi connectivity index (χ1) is 13.8. The zero-order chi connectivity index (χ0) is 21.0. The van der Waals surface area contributed by atoms with Crippen LogP contribution in [-0.4, -0.2) is 59.3 Å². The van der Waals surface area contributed by atoms with E-state index >= 15 is 0 Å². The summed E-state index contributed by atoms with van der Waals surface area (Å²) in [4.78, 5) is 39.4. The van der Waals surface area contributed by atoms with Crippen molar-refractivity contribution in [3.8, 4) is 0 Å². The average Bonchev–Trinajstić information content (AvgIpc) is 3.04. The predicted octanol–water partition coefficient (Wildman–Crippen LogP) is 1.89. The molecule has 0 aliphatic carbocycles. The molecule has 29 heavy (non-hydrogen) atoms. The first kappa shape index (κ1) is 21.3. The summed E-state index contributed by atoms with van der Waals surface area (Å²) in [6, 6.07) is 9.32. The van der Waals surface area contributed by atoms with Crippen LogP contribution < -0.4 is 0 Å². The lowest BCUT2D eigenvalue weighted by Crippen LogP contribution is -2.59. The maximum absolute atomic E-state index is 11.7. The summed E-state index contributed by atoms with van der Waals surface area (Å²) in [5.74, 6) is -1.56. The third kappa shape index (κ3) is 5.57. The molecule has 1 aromatic rings. The monoisotopic (exact) mass is 421 g/mol. The summed E-state index contributed by atoms with van der Waals surface area (Å²) in [7, 11) is 0. The van der Waals surface area contributed by atoms with Gasteiger partial charge in [0, 0.05) is 27.2 Å². The molecule has 156 valence electrons. The molecule has 0 aromatic heterocycles. The molecular formula is C20H23NO7S. The topological polar surface area (TPSA) is 100 Å². The van der Waals surface area contributed by atoms with Crippen molar-refractivity contribution in [3.63, 3.8) is 0 Å². The molecule has 2 heterocycles. The van der Waals surface area contributed by atoms with E-state index in [9.17, 15) is 14.4 Å². The van der Waals surface area contributed by atoms with E-state index in [1.165, 1.54) is 32.5 Å². The molecule has 2 unspecified atom stereocenters. The number of esters is 3. The van der Waals surface area contributed by atoms with Crippen molar-refractivity contribution in [1.29, 1.82) is 0 Å². The van der Waals surface area contributed by atoms with Crippen molar-refractivity contribution in [2.24, 2.45) is 4.99 Å². The van der Waals surface area contributed by atoms with Crippen molar-refractivity contribution in [2.75, 3.05) is 6.61 Å². The zero-order valence-electron chi connectivity index (χ0n) is 16.4. The third-order valence-corrected chi connectivity index (χ3v) is 5.56. The molecule has 0 N–H and O–H groups in total. The van der Waals surface area contributed by atoms with E-state index in [1.807, 2.05) is 30.3 Å². The zero-order valence-corrected chi connectivity index (χ0v) is 17.2. The van der Waals surface area contributed by atoms with Crippen LogP contribution in [0.1, 0.15) is 26.3 Å². The Morgan fingerprint density at radius 3 is 2.28 bits per heavy atom. The number of thioether (sulfide) groups is 1. The number of benzene rings is 1. The Morgan fingerprint density at radius 2 is 1.66 bits per heavy atom. The van der Waals surface area contributed by atoms with Crippen LogP contribution in [0.25, 0.3) is 0 Å². The Bertz CT molecular complexity index is 797. The molecule has 1 aromatic carbocycles. The first-order valence-corrected chi connectivity index (χ1v) is 10.1. The fraction of sp³-hybridized carbons (Fsp3) is 0.500. The van der Waals surface area contributed by atoms with Gasteiger partial charge in [0.15, 0.2) is 12.2 Å². The van der Waals surface area contributed by atoms with Crippen LogP contribution in [0.5, 0.6) is 0 Å². The number of hydrogen-bond acceptors (Lipinski definition) is 9. The van der Waals surface area contributed by atoms with Crippen LogP contribution in [0.15, 0.2) is 35.3 Å². The number of carbonyl (C=O) groups is 3. The molecule has 0 amide bonds. The molecule has 0 spiro atoms. The molecule has 0 radical (unpaired) electrons. The second-order valence-electron chi connectivity index (χ2n) is 6.79. The maximum atomic E-state index is 11.7.